The van der Waals surface area contributed by atoms with Gasteiger partial charge in [-0.1, -0.05) is 0 Å². The third-order valence-electron chi connectivity index (χ3n) is 2.84. The van der Waals surface area contributed by atoms with Crippen molar-refractivity contribution >= 4 is 12.0 Å². The van der Waals surface area contributed by atoms with E-state index in [1.807, 2.05) is 0 Å². The Balaban J connectivity index is 2.20. The molecule has 1 fully saturated rings. The van der Waals surface area contributed by atoms with Crippen molar-refractivity contribution in [2.24, 2.45) is 0 Å². The van der Waals surface area contributed by atoms with Crippen LogP contribution in [0.3, 0.4) is 0 Å². The molecular formula is C11H20N2O4. The third kappa shape index (κ3) is 5.04. The van der Waals surface area contributed by atoms with Crippen LogP contribution in [0.25, 0.3) is 0 Å². The molecule has 6 nitrogen and oxygen atoms in total. The van der Waals surface area contributed by atoms with Crippen molar-refractivity contribution in [1.82, 2.24) is 10.2 Å². The second kappa shape index (κ2) is 7.11. The topological polar surface area (TPSA) is 78.9 Å². The monoisotopic (exact) mass is 244 g/mol. The maximum absolute atomic E-state index is 11.7. The highest BCUT2D eigenvalue weighted by Gasteiger charge is 2.22. The molecule has 2 amide bonds. The van der Waals surface area contributed by atoms with Gasteiger partial charge in [0.1, 0.15) is 0 Å². The summed E-state index contributed by atoms with van der Waals surface area (Å²) in [5, 5.41) is 11.2. The number of carbonyl (C=O) groups is 2. The first-order valence-corrected chi connectivity index (χ1v) is 5.91. The number of likely N-dealkylation sites (tertiary alicyclic amines) is 1. The zero-order valence-electron chi connectivity index (χ0n) is 10.1. The molecule has 1 rings (SSSR count). The zero-order chi connectivity index (χ0) is 12.7. The van der Waals surface area contributed by atoms with Crippen molar-refractivity contribution in [3.63, 3.8) is 0 Å². The third-order valence-corrected chi connectivity index (χ3v) is 2.84. The lowest BCUT2D eigenvalue weighted by Crippen LogP contribution is -2.47. The fourth-order valence-electron chi connectivity index (χ4n) is 1.86. The summed E-state index contributed by atoms with van der Waals surface area (Å²) in [5.41, 5.74) is 0. The second-order valence-corrected chi connectivity index (χ2v) is 4.18. The number of hydrogen-bond acceptors (Lipinski definition) is 3. The summed E-state index contributed by atoms with van der Waals surface area (Å²) < 4.78 is 5.23. The van der Waals surface area contributed by atoms with Crippen LogP contribution in [0.15, 0.2) is 0 Å². The van der Waals surface area contributed by atoms with E-state index in [1.165, 1.54) is 0 Å². The maximum Gasteiger partial charge on any atom is 0.317 e. The smallest absolute Gasteiger partial charge is 0.317 e. The molecule has 0 bridgehead atoms. The number of nitrogens with one attached hydrogen (secondary N) is 1. The average Bonchev–Trinajstić information content (AvgIpc) is 2.34. The summed E-state index contributed by atoms with van der Waals surface area (Å²) in [7, 11) is 1.65. The van der Waals surface area contributed by atoms with Crippen molar-refractivity contribution in [3.05, 3.63) is 0 Å². The van der Waals surface area contributed by atoms with Gasteiger partial charge in [-0.2, -0.15) is 0 Å². The van der Waals surface area contributed by atoms with E-state index in [0.29, 0.717) is 19.5 Å². The SMILES string of the molecule is COC1CCCN(C(=O)NCCCC(=O)O)C1. The van der Waals surface area contributed by atoms with Crippen LogP contribution in [-0.2, 0) is 9.53 Å². The molecule has 1 heterocycles. The largest absolute Gasteiger partial charge is 0.481 e. The molecule has 98 valence electrons. The van der Waals surface area contributed by atoms with Gasteiger partial charge in [0.25, 0.3) is 0 Å². The zero-order valence-corrected chi connectivity index (χ0v) is 10.1. The molecule has 0 aromatic heterocycles. The number of urea groups is 1. The molecule has 6 heteroatoms. The Morgan fingerprint density at radius 1 is 1.53 bits per heavy atom. The highest BCUT2D eigenvalue weighted by Crippen LogP contribution is 2.12. The van der Waals surface area contributed by atoms with Crippen molar-refractivity contribution in [2.45, 2.75) is 31.8 Å². The lowest BCUT2D eigenvalue weighted by Gasteiger charge is -2.31. The van der Waals surface area contributed by atoms with E-state index in [9.17, 15) is 9.59 Å². The normalized spacial score (nSPS) is 20.1. The number of ether oxygens (including phenoxy) is 1. The molecule has 17 heavy (non-hydrogen) atoms. The van der Waals surface area contributed by atoms with Gasteiger partial charge in [0, 0.05) is 33.2 Å². The lowest BCUT2D eigenvalue weighted by molar-refractivity contribution is -0.137. The van der Waals surface area contributed by atoms with Crippen LogP contribution in [0, 0.1) is 0 Å². The van der Waals surface area contributed by atoms with Gasteiger partial charge in [-0.25, -0.2) is 4.79 Å². The standard InChI is InChI=1S/C11H20N2O4/c1-17-9-4-3-7-13(8-9)11(16)12-6-2-5-10(14)15/h9H,2-8H2,1H3,(H,12,16)(H,14,15). The molecule has 0 saturated carbocycles. The van der Waals surface area contributed by atoms with Gasteiger partial charge >= 0.3 is 12.0 Å². The van der Waals surface area contributed by atoms with Gasteiger partial charge in [-0.3, -0.25) is 4.79 Å². The van der Waals surface area contributed by atoms with Crippen molar-refractivity contribution < 1.29 is 19.4 Å². The van der Waals surface area contributed by atoms with E-state index >= 15 is 0 Å². The van der Waals surface area contributed by atoms with Crippen LogP contribution in [-0.4, -0.2) is 54.9 Å². The molecule has 0 spiro atoms. The Kier molecular flexibility index (Phi) is 5.76. The molecule has 1 aliphatic heterocycles. The minimum Gasteiger partial charge on any atom is -0.481 e. The van der Waals surface area contributed by atoms with Crippen molar-refractivity contribution in [2.75, 3.05) is 26.7 Å². The van der Waals surface area contributed by atoms with E-state index in [4.69, 9.17) is 9.84 Å². The van der Waals surface area contributed by atoms with Crippen molar-refractivity contribution in [1.29, 1.82) is 0 Å². The number of aliphatic carboxylic acids is 1. The van der Waals surface area contributed by atoms with E-state index in [1.54, 1.807) is 12.0 Å². The summed E-state index contributed by atoms with van der Waals surface area (Å²) in [6, 6.07) is -0.128. The molecule has 1 atom stereocenters. The van der Waals surface area contributed by atoms with Gasteiger partial charge < -0.3 is 20.1 Å². The number of rotatable bonds is 5. The summed E-state index contributed by atoms with van der Waals surface area (Å²) in [5.74, 6) is -0.836. The summed E-state index contributed by atoms with van der Waals surface area (Å²) in [6.45, 7) is 1.76. The van der Waals surface area contributed by atoms with Gasteiger partial charge in [-0.15, -0.1) is 0 Å². The predicted octanol–water partition coefficient (Wildman–Crippen LogP) is 0.672. The van der Waals surface area contributed by atoms with Crippen LogP contribution in [0.1, 0.15) is 25.7 Å². The molecule has 2 N–H and O–H groups in total. The lowest BCUT2D eigenvalue weighted by atomic mass is 10.1. The Bertz CT molecular complexity index is 270. The first-order chi connectivity index (χ1) is 8.13. The highest BCUT2D eigenvalue weighted by atomic mass is 16.5. The molecule has 0 aromatic carbocycles. The quantitative estimate of drug-likeness (QED) is 0.697. The van der Waals surface area contributed by atoms with E-state index in [2.05, 4.69) is 5.32 Å². The molecule has 0 aliphatic carbocycles. The number of carboxylic acids is 1. The first-order valence-electron chi connectivity index (χ1n) is 5.91. The number of methoxy groups -OCH3 is 1. The Hall–Kier alpha value is -1.30. The number of hydrogen-bond donors (Lipinski definition) is 2. The van der Waals surface area contributed by atoms with E-state index in [-0.39, 0.29) is 18.6 Å². The maximum atomic E-state index is 11.7. The van der Waals surface area contributed by atoms with Crippen LogP contribution in [0.2, 0.25) is 0 Å². The minimum atomic E-state index is -0.836. The molecule has 1 unspecified atom stereocenters. The predicted molar refractivity (Wildman–Crippen MR) is 61.9 cm³/mol. The number of piperidine rings is 1. The minimum absolute atomic E-state index is 0.0843. The molecule has 0 radical (unpaired) electrons. The Morgan fingerprint density at radius 3 is 2.94 bits per heavy atom. The summed E-state index contributed by atoms with van der Waals surface area (Å²) >= 11 is 0. The summed E-state index contributed by atoms with van der Waals surface area (Å²) in [6.07, 6.45) is 2.60. The molecule has 0 aromatic rings. The van der Waals surface area contributed by atoms with Gasteiger partial charge in [0.15, 0.2) is 0 Å². The van der Waals surface area contributed by atoms with Crippen LogP contribution in [0.4, 0.5) is 4.79 Å². The number of carboxylic acid groups (broad SMARTS) is 1. The fourth-order valence-corrected chi connectivity index (χ4v) is 1.86. The average molecular weight is 244 g/mol. The number of carbonyl (C=O) groups excluding carboxylic acids is 1. The van der Waals surface area contributed by atoms with Crippen LogP contribution >= 0.6 is 0 Å². The molecule has 1 saturated heterocycles. The molecular weight excluding hydrogens is 224 g/mol. The Labute approximate surface area is 101 Å². The van der Waals surface area contributed by atoms with Gasteiger partial charge in [0.05, 0.1) is 6.10 Å². The first kappa shape index (κ1) is 13.8. The summed E-state index contributed by atoms with van der Waals surface area (Å²) in [4.78, 5) is 23.7. The molecule has 1 aliphatic rings. The van der Waals surface area contributed by atoms with Gasteiger partial charge in [0.2, 0.25) is 0 Å². The van der Waals surface area contributed by atoms with Crippen LogP contribution in [0.5, 0.6) is 0 Å². The number of amides is 2. The van der Waals surface area contributed by atoms with Crippen molar-refractivity contribution in [3.8, 4) is 0 Å². The van der Waals surface area contributed by atoms with Gasteiger partial charge in [-0.05, 0) is 19.3 Å². The highest BCUT2D eigenvalue weighted by molar-refractivity contribution is 5.74. The number of nitrogens with zero attached hydrogens (tertiary/aromatic N) is 1. The van der Waals surface area contributed by atoms with Crippen LogP contribution < -0.4 is 5.32 Å². The van der Waals surface area contributed by atoms with E-state index < -0.39 is 5.97 Å². The van der Waals surface area contributed by atoms with E-state index in [0.717, 1.165) is 19.4 Å². The fraction of sp³-hybridized carbons (Fsp3) is 0.818. The Morgan fingerprint density at radius 2 is 2.29 bits per heavy atom. The second-order valence-electron chi connectivity index (χ2n) is 4.18.